The molecule has 0 saturated carbocycles. The van der Waals surface area contributed by atoms with Gasteiger partial charge in [-0.05, 0) is 37.7 Å². The molecule has 0 unspecified atom stereocenters. The number of primary amides is 1. The van der Waals surface area contributed by atoms with Gasteiger partial charge in [-0.1, -0.05) is 45.0 Å². The van der Waals surface area contributed by atoms with Gasteiger partial charge in [0.15, 0.2) is 5.76 Å². The second-order valence-electron chi connectivity index (χ2n) is 8.82. The highest BCUT2D eigenvalue weighted by atomic mass is 16.4. The van der Waals surface area contributed by atoms with Crippen LogP contribution in [0.5, 0.6) is 0 Å². The number of rotatable bonds is 5. The zero-order valence-electron chi connectivity index (χ0n) is 17.1. The average molecular weight is 370 g/mol. The van der Waals surface area contributed by atoms with E-state index in [9.17, 15) is 4.79 Å². The highest BCUT2D eigenvalue weighted by Crippen LogP contribution is 2.30. The number of fused-ring (bicyclic) bond motifs is 1. The molecule has 0 spiro atoms. The fourth-order valence-electron chi connectivity index (χ4n) is 3.94. The summed E-state index contributed by atoms with van der Waals surface area (Å²) in [5.74, 6) is 0.565. The molecule has 1 aliphatic rings. The maximum atomic E-state index is 11.6. The van der Waals surface area contributed by atoms with Crippen LogP contribution in [0.4, 0.5) is 0 Å². The molecule has 1 aromatic carbocycles. The molecule has 0 aliphatic carbocycles. The molecule has 27 heavy (non-hydrogen) atoms. The van der Waals surface area contributed by atoms with Crippen molar-refractivity contribution >= 4 is 5.91 Å². The van der Waals surface area contributed by atoms with E-state index in [1.807, 2.05) is 0 Å². The lowest BCUT2D eigenvalue weighted by molar-refractivity contribution is 0.0970. The lowest BCUT2D eigenvalue weighted by Gasteiger charge is -2.36. The number of hydrogen-bond acceptors (Lipinski definition) is 4. The van der Waals surface area contributed by atoms with E-state index in [1.165, 1.54) is 11.1 Å². The Morgan fingerprint density at radius 1 is 1.30 bits per heavy atom. The largest absolute Gasteiger partial charge is 0.455 e. The molecule has 1 atom stereocenters. The standard InChI is InChI=1S/C22H31N3O2/c1-22(2,3)20-17(11-19(27-20)21(23)26)12-24(4)14-18-10-15-8-6-7-9-16(15)13-25(18)5/h6-9,11,18H,10,12-14H2,1-5H3,(H2,23,26)/t18-/m0/s1. The Kier molecular flexibility index (Phi) is 5.45. The Morgan fingerprint density at radius 3 is 2.59 bits per heavy atom. The van der Waals surface area contributed by atoms with E-state index in [0.717, 1.165) is 37.4 Å². The highest BCUT2D eigenvalue weighted by molar-refractivity contribution is 5.90. The maximum absolute atomic E-state index is 11.6. The molecule has 2 aromatic rings. The van der Waals surface area contributed by atoms with Crippen LogP contribution in [-0.2, 0) is 24.9 Å². The van der Waals surface area contributed by atoms with Crippen molar-refractivity contribution in [2.24, 2.45) is 5.73 Å². The van der Waals surface area contributed by atoms with Gasteiger partial charge in [-0.3, -0.25) is 9.69 Å². The molecule has 3 rings (SSSR count). The summed E-state index contributed by atoms with van der Waals surface area (Å²) in [6.07, 6.45) is 1.06. The summed E-state index contributed by atoms with van der Waals surface area (Å²) in [7, 11) is 4.32. The third kappa shape index (κ3) is 4.42. The van der Waals surface area contributed by atoms with Crippen LogP contribution in [0.25, 0.3) is 0 Å². The smallest absolute Gasteiger partial charge is 0.284 e. The number of hydrogen-bond donors (Lipinski definition) is 1. The number of carbonyl (C=O) groups is 1. The van der Waals surface area contributed by atoms with Gasteiger partial charge < -0.3 is 15.1 Å². The lowest BCUT2D eigenvalue weighted by Crippen LogP contribution is -2.44. The predicted octanol–water partition coefficient (Wildman–Crippen LogP) is 3.16. The first-order chi connectivity index (χ1) is 12.6. The average Bonchev–Trinajstić information content (AvgIpc) is 3.00. The molecule has 1 amide bonds. The van der Waals surface area contributed by atoms with E-state index in [2.05, 4.69) is 68.9 Å². The van der Waals surface area contributed by atoms with Crippen LogP contribution in [0, 0.1) is 0 Å². The van der Waals surface area contributed by atoms with Crippen molar-refractivity contribution in [2.75, 3.05) is 20.6 Å². The van der Waals surface area contributed by atoms with Crippen molar-refractivity contribution in [3.63, 3.8) is 0 Å². The van der Waals surface area contributed by atoms with Gasteiger partial charge in [-0.2, -0.15) is 0 Å². The van der Waals surface area contributed by atoms with Crippen LogP contribution in [0.3, 0.4) is 0 Å². The Balaban J connectivity index is 1.73. The van der Waals surface area contributed by atoms with E-state index in [1.54, 1.807) is 6.07 Å². The van der Waals surface area contributed by atoms with Gasteiger partial charge in [0.05, 0.1) is 0 Å². The molecule has 1 aliphatic heterocycles. The second-order valence-corrected chi connectivity index (χ2v) is 8.82. The minimum Gasteiger partial charge on any atom is -0.455 e. The highest BCUT2D eigenvalue weighted by Gasteiger charge is 2.28. The molecular weight excluding hydrogens is 338 g/mol. The molecule has 146 valence electrons. The normalized spacial score (nSPS) is 17.9. The third-order valence-electron chi connectivity index (χ3n) is 5.31. The summed E-state index contributed by atoms with van der Waals surface area (Å²) < 4.78 is 5.79. The van der Waals surface area contributed by atoms with Gasteiger partial charge in [0.1, 0.15) is 5.76 Å². The Morgan fingerprint density at radius 2 is 1.96 bits per heavy atom. The number of amides is 1. The number of carbonyl (C=O) groups excluding carboxylic acids is 1. The van der Waals surface area contributed by atoms with Crippen molar-refractivity contribution in [3.05, 3.63) is 58.5 Å². The molecule has 0 radical (unpaired) electrons. The first kappa shape index (κ1) is 19.6. The van der Waals surface area contributed by atoms with E-state index in [0.29, 0.717) is 6.04 Å². The summed E-state index contributed by atoms with van der Waals surface area (Å²) in [4.78, 5) is 16.3. The van der Waals surface area contributed by atoms with Crippen LogP contribution in [0.1, 0.15) is 53.8 Å². The fourth-order valence-corrected chi connectivity index (χ4v) is 3.94. The zero-order chi connectivity index (χ0) is 19.8. The molecule has 2 heterocycles. The Hall–Kier alpha value is -2.11. The van der Waals surface area contributed by atoms with Gasteiger partial charge in [0.2, 0.25) is 0 Å². The molecule has 5 heteroatoms. The first-order valence-electron chi connectivity index (χ1n) is 9.53. The van der Waals surface area contributed by atoms with Crippen LogP contribution in [-0.4, -0.2) is 42.4 Å². The summed E-state index contributed by atoms with van der Waals surface area (Å²) in [5, 5.41) is 0. The molecule has 0 saturated heterocycles. The summed E-state index contributed by atoms with van der Waals surface area (Å²) in [6.45, 7) is 8.93. The molecule has 0 fully saturated rings. The lowest BCUT2D eigenvalue weighted by atomic mass is 9.90. The van der Waals surface area contributed by atoms with Crippen LogP contribution >= 0.6 is 0 Å². The molecule has 2 N–H and O–H groups in total. The number of likely N-dealkylation sites (N-methyl/N-ethyl adjacent to an activating group) is 2. The van der Waals surface area contributed by atoms with Crippen molar-refractivity contribution in [3.8, 4) is 0 Å². The fraction of sp³-hybridized carbons (Fsp3) is 0.500. The van der Waals surface area contributed by atoms with Crippen molar-refractivity contribution < 1.29 is 9.21 Å². The number of benzene rings is 1. The summed E-state index contributed by atoms with van der Waals surface area (Å²) in [6, 6.07) is 11.0. The van der Waals surface area contributed by atoms with Crippen LogP contribution < -0.4 is 5.73 Å². The number of nitrogens with zero attached hydrogens (tertiary/aromatic N) is 2. The van der Waals surface area contributed by atoms with Gasteiger partial charge in [-0.15, -0.1) is 0 Å². The van der Waals surface area contributed by atoms with E-state index in [4.69, 9.17) is 10.2 Å². The van der Waals surface area contributed by atoms with E-state index in [-0.39, 0.29) is 11.2 Å². The van der Waals surface area contributed by atoms with Gasteiger partial charge in [-0.25, -0.2) is 0 Å². The molecule has 0 bridgehead atoms. The van der Waals surface area contributed by atoms with Crippen molar-refractivity contribution in [1.82, 2.24) is 9.80 Å². The van der Waals surface area contributed by atoms with E-state index >= 15 is 0 Å². The molecular formula is C22H31N3O2. The molecule has 1 aromatic heterocycles. The molecule has 5 nitrogen and oxygen atoms in total. The van der Waals surface area contributed by atoms with Crippen LogP contribution in [0.15, 0.2) is 34.7 Å². The topological polar surface area (TPSA) is 62.7 Å². The number of furan rings is 1. The quantitative estimate of drug-likeness (QED) is 0.879. The van der Waals surface area contributed by atoms with Crippen molar-refractivity contribution in [2.45, 2.75) is 51.7 Å². The minimum absolute atomic E-state index is 0.176. The maximum Gasteiger partial charge on any atom is 0.284 e. The Bertz CT molecular complexity index is 819. The number of nitrogens with two attached hydrogens (primary N) is 1. The third-order valence-corrected chi connectivity index (χ3v) is 5.31. The monoisotopic (exact) mass is 369 g/mol. The summed E-state index contributed by atoms with van der Waals surface area (Å²) in [5.41, 5.74) is 9.17. The SMILES string of the molecule is CN(Cc1cc(C(N)=O)oc1C(C)(C)C)C[C@@H]1Cc2ccccc2CN1C. The van der Waals surface area contributed by atoms with Crippen molar-refractivity contribution in [1.29, 1.82) is 0 Å². The second kappa shape index (κ2) is 7.49. The Labute approximate surface area is 162 Å². The van der Waals surface area contributed by atoms with Crippen LogP contribution in [0.2, 0.25) is 0 Å². The van der Waals surface area contributed by atoms with Gasteiger partial charge in [0.25, 0.3) is 5.91 Å². The first-order valence-corrected chi connectivity index (χ1v) is 9.53. The zero-order valence-corrected chi connectivity index (χ0v) is 17.1. The summed E-state index contributed by atoms with van der Waals surface area (Å²) >= 11 is 0. The van der Waals surface area contributed by atoms with Gasteiger partial charge >= 0.3 is 0 Å². The van der Waals surface area contributed by atoms with Gasteiger partial charge in [0, 0.05) is 36.7 Å². The van der Waals surface area contributed by atoms with E-state index < -0.39 is 5.91 Å². The minimum atomic E-state index is -0.516. The predicted molar refractivity (Wildman–Crippen MR) is 108 cm³/mol.